The van der Waals surface area contributed by atoms with E-state index in [4.69, 9.17) is 9.15 Å². The Morgan fingerprint density at radius 1 is 1.14 bits per heavy atom. The van der Waals surface area contributed by atoms with E-state index in [-0.39, 0.29) is 12.0 Å². The zero-order chi connectivity index (χ0) is 20.3. The molecule has 0 unspecified atom stereocenters. The average molecular weight is 380 g/mol. The van der Waals surface area contributed by atoms with Gasteiger partial charge >= 0.3 is 5.97 Å². The fourth-order valence-electron chi connectivity index (χ4n) is 3.05. The summed E-state index contributed by atoms with van der Waals surface area (Å²) in [6.07, 6.45) is 2.13. The van der Waals surface area contributed by atoms with Gasteiger partial charge in [0.15, 0.2) is 6.61 Å². The summed E-state index contributed by atoms with van der Waals surface area (Å²) in [6.45, 7) is 6.03. The molecule has 5 heteroatoms. The molecule has 1 heterocycles. The maximum atomic E-state index is 13.1. The van der Waals surface area contributed by atoms with E-state index in [1.807, 2.05) is 31.2 Å². The summed E-state index contributed by atoms with van der Waals surface area (Å²) in [6, 6.07) is 11.4. The number of hydrogen-bond donors (Lipinski definition) is 0. The van der Waals surface area contributed by atoms with Crippen molar-refractivity contribution in [1.82, 2.24) is 0 Å². The van der Waals surface area contributed by atoms with Crippen LogP contribution < -0.4 is 10.2 Å². The molecule has 0 aliphatic heterocycles. The van der Waals surface area contributed by atoms with Crippen molar-refractivity contribution in [2.45, 2.75) is 33.1 Å². The van der Waals surface area contributed by atoms with E-state index in [1.54, 1.807) is 12.1 Å². The zero-order valence-corrected chi connectivity index (χ0v) is 16.6. The SMILES string of the molecule is CCc1cc2c(=O)c(-c3ccc(C(C)C)cc3)coc2cc1OCC(=O)OC. The summed E-state index contributed by atoms with van der Waals surface area (Å²) in [5.41, 5.74) is 3.72. The highest BCUT2D eigenvalue weighted by molar-refractivity contribution is 5.84. The van der Waals surface area contributed by atoms with Gasteiger partial charge in [0.1, 0.15) is 17.6 Å². The third-order valence-corrected chi connectivity index (χ3v) is 4.80. The highest BCUT2D eigenvalue weighted by atomic mass is 16.6. The molecule has 146 valence electrons. The second kappa shape index (κ2) is 8.30. The molecular weight excluding hydrogens is 356 g/mol. The van der Waals surface area contributed by atoms with Gasteiger partial charge in [0.25, 0.3) is 0 Å². The van der Waals surface area contributed by atoms with Gasteiger partial charge in [0.2, 0.25) is 5.43 Å². The maximum Gasteiger partial charge on any atom is 0.343 e. The van der Waals surface area contributed by atoms with Crippen molar-refractivity contribution in [1.29, 1.82) is 0 Å². The van der Waals surface area contributed by atoms with Crippen molar-refractivity contribution < 1.29 is 18.7 Å². The van der Waals surface area contributed by atoms with Crippen LogP contribution in [0.1, 0.15) is 37.8 Å². The average Bonchev–Trinajstić information content (AvgIpc) is 2.71. The van der Waals surface area contributed by atoms with Crippen LogP contribution in [0, 0.1) is 0 Å². The number of benzene rings is 2. The van der Waals surface area contributed by atoms with Crippen LogP contribution in [0.15, 0.2) is 51.9 Å². The third-order valence-electron chi connectivity index (χ3n) is 4.80. The van der Waals surface area contributed by atoms with E-state index >= 15 is 0 Å². The highest BCUT2D eigenvalue weighted by Gasteiger charge is 2.14. The van der Waals surface area contributed by atoms with E-state index in [2.05, 4.69) is 18.6 Å². The van der Waals surface area contributed by atoms with Gasteiger partial charge in [0.05, 0.1) is 18.1 Å². The minimum Gasteiger partial charge on any atom is -0.481 e. The molecule has 3 aromatic rings. The van der Waals surface area contributed by atoms with E-state index in [1.165, 1.54) is 18.9 Å². The Hall–Kier alpha value is -3.08. The van der Waals surface area contributed by atoms with Crippen LogP contribution in [0.3, 0.4) is 0 Å². The Labute approximate surface area is 163 Å². The van der Waals surface area contributed by atoms with Gasteiger partial charge in [-0.3, -0.25) is 4.79 Å². The number of fused-ring (bicyclic) bond motifs is 1. The van der Waals surface area contributed by atoms with Gasteiger partial charge in [-0.15, -0.1) is 0 Å². The summed E-state index contributed by atoms with van der Waals surface area (Å²) in [5.74, 6) is 0.471. The lowest BCUT2D eigenvalue weighted by Gasteiger charge is -2.11. The normalized spacial score (nSPS) is 11.0. The first-order valence-electron chi connectivity index (χ1n) is 9.33. The molecule has 0 N–H and O–H groups in total. The first-order chi connectivity index (χ1) is 13.4. The summed E-state index contributed by atoms with van der Waals surface area (Å²) >= 11 is 0. The number of carbonyl (C=O) groups excluding carboxylic acids is 1. The fourth-order valence-corrected chi connectivity index (χ4v) is 3.05. The molecule has 0 aliphatic carbocycles. The minimum atomic E-state index is -0.469. The summed E-state index contributed by atoms with van der Waals surface area (Å²) in [4.78, 5) is 24.4. The first kappa shape index (κ1) is 19.7. The van der Waals surface area contributed by atoms with E-state index in [9.17, 15) is 9.59 Å². The number of ether oxygens (including phenoxy) is 2. The molecule has 0 radical (unpaired) electrons. The maximum absolute atomic E-state index is 13.1. The lowest BCUT2D eigenvalue weighted by molar-refractivity contribution is -0.142. The molecule has 0 aliphatic rings. The van der Waals surface area contributed by atoms with Crippen molar-refractivity contribution in [3.8, 4) is 16.9 Å². The molecule has 0 saturated carbocycles. The number of hydrogen-bond acceptors (Lipinski definition) is 5. The number of methoxy groups -OCH3 is 1. The van der Waals surface area contributed by atoms with Gasteiger partial charge in [-0.05, 0) is 35.1 Å². The summed E-state index contributed by atoms with van der Waals surface area (Å²) in [7, 11) is 1.31. The Bertz CT molecular complexity index is 1050. The second-order valence-corrected chi connectivity index (χ2v) is 6.93. The van der Waals surface area contributed by atoms with Crippen LogP contribution in [-0.2, 0) is 16.0 Å². The van der Waals surface area contributed by atoms with Crippen molar-refractivity contribution in [3.05, 3.63) is 64.0 Å². The largest absolute Gasteiger partial charge is 0.481 e. The number of rotatable bonds is 6. The minimum absolute atomic E-state index is 0.0900. The molecule has 5 nitrogen and oxygen atoms in total. The monoisotopic (exact) mass is 380 g/mol. The smallest absolute Gasteiger partial charge is 0.343 e. The summed E-state index contributed by atoms with van der Waals surface area (Å²) < 4.78 is 15.9. The molecule has 0 amide bonds. The predicted molar refractivity (Wildman–Crippen MR) is 109 cm³/mol. The molecule has 28 heavy (non-hydrogen) atoms. The number of carbonyl (C=O) groups is 1. The van der Waals surface area contributed by atoms with Gasteiger partial charge in [-0.25, -0.2) is 4.79 Å². The van der Waals surface area contributed by atoms with Crippen LogP contribution in [-0.4, -0.2) is 19.7 Å². The molecule has 3 rings (SSSR count). The van der Waals surface area contributed by atoms with Crippen molar-refractivity contribution in [2.75, 3.05) is 13.7 Å². The van der Waals surface area contributed by atoms with Gasteiger partial charge in [0, 0.05) is 6.07 Å². The Balaban J connectivity index is 2.03. The molecule has 0 bridgehead atoms. The summed E-state index contributed by atoms with van der Waals surface area (Å²) in [5, 5.41) is 0.493. The standard InChI is InChI=1S/C23H24O5/c1-5-15-10-18-21(11-20(15)28-13-22(24)26-4)27-12-19(23(18)25)17-8-6-16(7-9-17)14(2)3/h6-12,14H,5,13H2,1-4H3. The van der Waals surface area contributed by atoms with Gasteiger partial charge in [-0.1, -0.05) is 45.0 Å². The van der Waals surface area contributed by atoms with Crippen molar-refractivity contribution >= 4 is 16.9 Å². The number of esters is 1. The second-order valence-electron chi connectivity index (χ2n) is 6.93. The van der Waals surface area contributed by atoms with Crippen LogP contribution in [0.5, 0.6) is 5.75 Å². The third kappa shape index (κ3) is 3.93. The first-order valence-corrected chi connectivity index (χ1v) is 9.33. The highest BCUT2D eigenvalue weighted by Crippen LogP contribution is 2.28. The lowest BCUT2D eigenvalue weighted by atomic mass is 9.98. The Morgan fingerprint density at radius 3 is 2.46 bits per heavy atom. The van der Waals surface area contributed by atoms with Gasteiger partial charge in [-0.2, -0.15) is 0 Å². The molecule has 0 fully saturated rings. The molecule has 0 saturated heterocycles. The lowest BCUT2D eigenvalue weighted by Crippen LogP contribution is -2.13. The Morgan fingerprint density at radius 2 is 1.86 bits per heavy atom. The molecular formula is C23H24O5. The molecule has 0 spiro atoms. The van der Waals surface area contributed by atoms with Crippen molar-refractivity contribution in [2.24, 2.45) is 0 Å². The van der Waals surface area contributed by atoms with Gasteiger partial charge < -0.3 is 13.9 Å². The molecule has 0 atom stereocenters. The number of aryl methyl sites for hydroxylation is 1. The quantitative estimate of drug-likeness (QED) is 0.580. The van der Waals surface area contributed by atoms with E-state index < -0.39 is 5.97 Å². The zero-order valence-electron chi connectivity index (χ0n) is 16.6. The van der Waals surface area contributed by atoms with Crippen LogP contribution in [0.4, 0.5) is 0 Å². The molecule has 1 aromatic heterocycles. The van der Waals surface area contributed by atoms with Crippen LogP contribution in [0.25, 0.3) is 22.1 Å². The van der Waals surface area contributed by atoms with E-state index in [0.717, 1.165) is 11.1 Å². The van der Waals surface area contributed by atoms with Crippen LogP contribution in [0.2, 0.25) is 0 Å². The van der Waals surface area contributed by atoms with E-state index in [0.29, 0.717) is 34.6 Å². The molecule has 2 aromatic carbocycles. The Kier molecular flexibility index (Phi) is 5.83. The van der Waals surface area contributed by atoms with Crippen molar-refractivity contribution in [3.63, 3.8) is 0 Å². The van der Waals surface area contributed by atoms with Crippen LogP contribution >= 0.6 is 0 Å². The predicted octanol–water partition coefficient (Wildman–Crippen LogP) is 4.70. The fraction of sp³-hybridized carbons (Fsp3) is 0.304. The topological polar surface area (TPSA) is 65.7 Å².